The molecule has 0 aromatic carbocycles. The zero-order chi connectivity index (χ0) is 5.98. The van der Waals surface area contributed by atoms with E-state index in [9.17, 15) is 0 Å². The molecular weight excluding hydrogens is 215 g/mol. The minimum atomic E-state index is 0.751. The van der Waals surface area contributed by atoms with Crippen LogP contribution in [0.25, 0.3) is 0 Å². The van der Waals surface area contributed by atoms with E-state index in [1.54, 1.807) is 0 Å². The standard InChI is InChI=1S/C6H11IO/c1-5-2-3-8-4-6(5)7/h5-6H,2-4H2,1H3/t5-,6?/m0/s1. The van der Waals surface area contributed by atoms with Crippen molar-refractivity contribution in [3.05, 3.63) is 0 Å². The molecule has 0 amide bonds. The van der Waals surface area contributed by atoms with Crippen molar-refractivity contribution in [3.63, 3.8) is 0 Å². The lowest BCUT2D eigenvalue weighted by Crippen LogP contribution is -2.24. The second-order valence-electron chi connectivity index (χ2n) is 2.36. The van der Waals surface area contributed by atoms with Gasteiger partial charge in [-0.3, -0.25) is 0 Å². The summed E-state index contributed by atoms with van der Waals surface area (Å²) in [5, 5.41) is 0. The van der Waals surface area contributed by atoms with Crippen molar-refractivity contribution < 1.29 is 4.74 Å². The summed E-state index contributed by atoms with van der Waals surface area (Å²) in [5.41, 5.74) is 0. The Morgan fingerprint density at radius 1 is 1.62 bits per heavy atom. The van der Waals surface area contributed by atoms with Gasteiger partial charge in [0.05, 0.1) is 6.61 Å². The second-order valence-corrected chi connectivity index (χ2v) is 3.96. The van der Waals surface area contributed by atoms with Crippen LogP contribution in [0, 0.1) is 5.92 Å². The average molecular weight is 226 g/mol. The summed E-state index contributed by atoms with van der Waals surface area (Å²) < 4.78 is 6.00. The maximum absolute atomic E-state index is 5.24. The summed E-state index contributed by atoms with van der Waals surface area (Å²) in [6, 6.07) is 0. The van der Waals surface area contributed by atoms with Crippen LogP contribution in [0.5, 0.6) is 0 Å². The SMILES string of the molecule is C[C@H]1CCOCC1I. The number of halogens is 1. The van der Waals surface area contributed by atoms with Crippen molar-refractivity contribution in [2.24, 2.45) is 5.92 Å². The molecule has 0 N–H and O–H groups in total. The van der Waals surface area contributed by atoms with Crippen LogP contribution in [0.1, 0.15) is 13.3 Å². The fourth-order valence-corrected chi connectivity index (χ4v) is 1.42. The summed E-state index contributed by atoms with van der Waals surface area (Å²) in [5.74, 6) is 0.865. The van der Waals surface area contributed by atoms with Crippen LogP contribution < -0.4 is 0 Å². The van der Waals surface area contributed by atoms with E-state index in [-0.39, 0.29) is 0 Å². The molecule has 2 atom stereocenters. The van der Waals surface area contributed by atoms with E-state index in [1.807, 2.05) is 0 Å². The van der Waals surface area contributed by atoms with Crippen LogP contribution in [0.3, 0.4) is 0 Å². The van der Waals surface area contributed by atoms with Gasteiger partial charge in [0.15, 0.2) is 0 Å². The lowest BCUT2D eigenvalue weighted by molar-refractivity contribution is 0.0813. The van der Waals surface area contributed by atoms with Gasteiger partial charge >= 0.3 is 0 Å². The third-order valence-electron chi connectivity index (χ3n) is 1.61. The zero-order valence-electron chi connectivity index (χ0n) is 5.06. The molecule has 0 radical (unpaired) electrons. The summed E-state index contributed by atoms with van der Waals surface area (Å²) in [7, 11) is 0. The Morgan fingerprint density at radius 3 is 2.75 bits per heavy atom. The van der Waals surface area contributed by atoms with Crippen LogP contribution in [-0.2, 0) is 4.74 Å². The van der Waals surface area contributed by atoms with Gasteiger partial charge in [-0.25, -0.2) is 0 Å². The van der Waals surface area contributed by atoms with Gasteiger partial charge in [-0.05, 0) is 12.3 Å². The van der Waals surface area contributed by atoms with Crippen molar-refractivity contribution in [3.8, 4) is 0 Å². The molecule has 0 aliphatic carbocycles. The number of ether oxygens (including phenoxy) is 1. The minimum Gasteiger partial charge on any atom is -0.380 e. The van der Waals surface area contributed by atoms with Gasteiger partial charge in [-0.2, -0.15) is 0 Å². The van der Waals surface area contributed by atoms with Crippen molar-refractivity contribution in [2.45, 2.75) is 17.3 Å². The third-order valence-corrected chi connectivity index (χ3v) is 3.20. The van der Waals surface area contributed by atoms with Gasteiger partial charge in [-0.15, -0.1) is 0 Å². The highest BCUT2D eigenvalue weighted by atomic mass is 127. The van der Waals surface area contributed by atoms with Gasteiger partial charge in [0.25, 0.3) is 0 Å². The van der Waals surface area contributed by atoms with Crippen LogP contribution in [-0.4, -0.2) is 17.1 Å². The summed E-state index contributed by atoms with van der Waals surface area (Å²) in [6.07, 6.45) is 1.24. The first-order valence-electron chi connectivity index (χ1n) is 3.02. The monoisotopic (exact) mass is 226 g/mol. The predicted octanol–water partition coefficient (Wildman–Crippen LogP) is 1.85. The first-order valence-corrected chi connectivity index (χ1v) is 4.27. The fraction of sp³-hybridized carbons (Fsp3) is 1.00. The molecule has 2 heteroatoms. The fourth-order valence-electron chi connectivity index (χ4n) is 0.810. The number of hydrogen-bond donors (Lipinski definition) is 0. The smallest absolute Gasteiger partial charge is 0.0586 e. The van der Waals surface area contributed by atoms with Crippen molar-refractivity contribution >= 4 is 22.6 Å². The van der Waals surface area contributed by atoms with Crippen molar-refractivity contribution in [1.29, 1.82) is 0 Å². The highest BCUT2D eigenvalue weighted by Crippen LogP contribution is 2.21. The molecular formula is C6H11IO. The normalized spacial score (nSPS) is 39.8. The second kappa shape index (κ2) is 3.01. The van der Waals surface area contributed by atoms with E-state index in [2.05, 4.69) is 29.5 Å². The summed E-state index contributed by atoms with van der Waals surface area (Å²) >= 11 is 2.46. The highest BCUT2D eigenvalue weighted by molar-refractivity contribution is 14.1. The Kier molecular flexibility index (Phi) is 2.56. The summed E-state index contributed by atoms with van der Waals surface area (Å²) in [4.78, 5) is 0. The molecule has 1 fully saturated rings. The molecule has 0 aromatic rings. The molecule has 0 bridgehead atoms. The van der Waals surface area contributed by atoms with Crippen molar-refractivity contribution in [2.75, 3.05) is 13.2 Å². The van der Waals surface area contributed by atoms with Gasteiger partial charge in [0.2, 0.25) is 0 Å². The Bertz CT molecular complexity index is 64.9. The van der Waals surface area contributed by atoms with Crippen LogP contribution in [0.15, 0.2) is 0 Å². The van der Waals surface area contributed by atoms with Gasteiger partial charge in [0.1, 0.15) is 0 Å². The maximum atomic E-state index is 5.24. The van der Waals surface area contributed by atoms with Crippen molar-refractivity contribution in [1.82, 2.24) is 0 Å². The molecule has 0 saturated carbocycles. The van der Waals surface area contributed by atoms with Gasteiger partial charge in [0, 0.05) is 10.5 Å². The minimum absolute atomic E-state index is 0.751. The maximum Gasteiger partial charge on any atom is 0.0586 e. The number of alkyl halides is 1. The molecule has 1 nitrogen and oxygen atoms in total. The first-order chi connectivity index (χ1) is 3.80. The first kappa shape index (κ1) is 6.81. The van der Waals surface area contributed by atoms with E-state index >= 15 is 0 Å². The Labute approximate surface area is 63.9 Å². The largest absolute Gasteiger partial charge is 0.380 e. The summed E-state index contributed by atoms with van der Waals surface area (Å²) in [6.45, 7) is 4.22. The van der Waals surface area contributed by atoms with E-state index in [1.165, 1.54) is 6.42 Å². The molecule has 0 spiro atoms. The van der Waals surface area contributed by atoms with Crippen LogP contribution in [0.2, 0.25) is 0 Å². The Morgan fingerprint density at radius 2 is 2.38 bits per heavy atom. The molecule has 1 heterocycles. The number of hydrogen-bond acceptors (Lipinski definition) is 1. The number of rotatable bonds is 0. The zero-order valence-corrected chi connectivity index (χ0v) is 7.22. The molecule has 1 rings (SSSR count). The molecule has 1 unspecified atom stereocenters. The molecule has 1 aliphatic heterocycles. The van der Waals surface area contributed by atoms with Crippen LogP contribution >= 0.6 is 22.6 Å². The lowest BCUT2D eigenvalue weighted by atomic mass is 10.0. The predicted molar refractivity (Wildman–Crippen MR) is 42.4 cm³/mol. The molecule has 1 aliphatic rings. The van der Waals surface area contributed by atoms with Crippen LogP contribution in [0.4, 0.5) is 0 Å². The Hall–Kier alpha value is 0.690. The van der Waals surface area contributed by atoms with Gasteiger partial charge < -0.3 is 4.74 Å². The quantitative estimate of drug-likeness (QED) is 0.452. The Balaban J connectivity index is 2.28. The highest BCUT2D eigenvalue weighted by Gasteiger charge is 2.17. The van der Waals surface area contributed by atoms with E-state index < -0.39 is 0 Å². The topological polar surface area (TPSA) is 9.23 Å². The van der Waals surface area contributed by atoms with E-state index in [0.717, 1.165) is 23.1 Å². The van der Waals surface area contributed by atoms with E-state index in [0.29, 0.717) is 0 Å². The molecule has 8 heavy (non-hydrogen) atoms. The molecule has 1 saturated heterocycles. The average Bonchev–Trinajstić information content (AvgIpc) is 1.77. The van der Waals surface area contributed by atoms with Gasteiger partial charge in [-0.1, -0.05) is 29.5 Å². The third kappa shape index (κ3) is 1.58. The van der Waals surface area contributed by atoms with E-state index in [4.69, 9.17) is 4.74 Å². The molecule has 48 valence electrons. The lowest BCUT2D eigenvalue weighted by Gasteiger charge is -2.23. The molecule has 0 aromatic heterocycles.